The fraction of sp³-hybridized carbons (Fsp3) is 0.625. The number of nitrogens with zero attached hydrogens (tertiary/aromatic N) is 5. The van der Waals surface area contributed by atoms with Gasteiger partial charge in [0.1, 0.15) is 17.2 Å². The van der Waals surface area contributed by atoms with Crippen LogP contribution in [0, 0.1) is 11.8 Å². The van der Waals surface area contributed by atoms with Gasteiger partial charge in [0.15, 0.2) is 5.13 Å². The molecule has 0 N–H and O–H groups in total. The Morgan fingerprint density at radius 3 is 2.78 bits per heavy atom. The Labute approximate surface area is 139 Å². The van der Waals surface area contributed by atoms with E-state index >= 15 is 0 Å². The number of thiazole rings is 1. The molecule has 7 heteroatoms. The van der Waals surface area contributed by atoms with Crippen molar-refractivity contribution in [1.29, 1.82) is 0 Å². The van der Waals surface area contributed by atoms with Crippen molar-refractivity contribution in [2.24, 2.45) is 11.8 Å². The highest BCUT2D eigenvalue weighted by molar-refractivity contribution is 7.14. The van der Waals surface area contributed by atoms with E-state index in [1.54, 1.807) is 11.3 Å². The Morgan fingerprint density at radius 2 is 2.04 bits per heavy atom. The lowest BCUT2D eigenvalue weighted by atomic mass is 9.84. The van der Waals surface area contributed by atoms with Crippen molar-refractivity contribution in [3.63, 3.8) is 0 Å². The second-order valence-corrected chi connectivity index (χ2v) is 7.66. The molecule has 0 radical (unpaired) electrons. The molecule has 1 saturated carbocycles. The molecule has 2 aliphatic rings. The van der Waals surface area contributed by atoms with Crippen LogP contribution >= 0.6 is 11.3 Å². The molecule has 3 heterocycles. The van der Waals surface area contributed by atoms with Gasteiger partial charge in [-0.15, -0.1) is 16.4 Å². The first-order valence-corrected chi connectivity index (χ1v) is 9.18. The SMILES string of the molecule is CC1CCN(c2nc(-c3cn(CC4CC(=O)C4)nn3)cs2)CC1. The molecule has 23 heavy (non-hydrogen) atoms. The average Bonchev–Trinajstić information content (AvgIpc) is 3.15. The van der Waals surface area contributed by atoms with Crippen molar-refractivity contribution in [3.05, 3.63) is 11.6 Å². The molecule has 1 aliphatic carbocycles. The standard InChI is InChI=1S/C16H21N5OS/c1-11-2-4-20(5-3-11)16-17-15(10-23-16)14-9-21(19-18-14)8-12-6-13(22)7-12/h9-12H,2-8H2,1H3. The monoisotopic (exact) mass is 331 g/mol. The van der Waals surface area contributed by atoms with Gasteiger partial charge >= 0.3 is 0 Å². The van der Waals surface area contributed by atoms with Crippen molar-refractivity contribution >= 4 is 22.3 Å². The molecule has 0 unspecified atom stereocenters. The van der Waals surface area contributed by atoms with Gasteiger partial charge in [0.25, 0.3) is 0 Å². The second-order valence-electron chi connectivity index (χ2n) is 6.82. The number of carbonyl (C=O) groups is 1. The molecule has 2 aromatic heterocycles. The lowest BCUT2D eigenvalue weighted by Gasteiger charge is -2.29. The lowest BCUT2D eigenvalue weighted by molar-refractivity contribution is -0.127. The van der Waals surface area contributed by atoms with Crippen LogP contribution in [0.3, 0.4) is 0 Å². The molecular weight excluding hydrogens is 310 g/mol. The van der Waals surface area contributed by atoms with Crippen molar-refractivity contribution in [2.75, 3.05) is 18.0 Å². The van der Waals surface area contributed by atoms with E-state index in [2.05, 4.69) is 27.5 Å². The highest BCUT2D eigenvalue weighted by Gasteiger charge is 2.27. The molecule has 1 aliphatic heterocycles. The van der Waals surface area contributed by atoms with E-state index < -0.39 is 0 Å². The Kier molecular flexibility index (Phi) is 3.88. The van der Waals surface area contributed by atoms with Gasteiger partial charge in [-0.3, -0.25) is 9.48 Å². The number of piperidine rings is 1. The first kappa shape index (κ1) is 14.8. The first-order chi connectivity index (χ1) is 11.2. The van der Waals surface area contributed by atoms with Crippen LogP contribution in [0.25, 0.3) is 11.4 Å². The number of Topliss-reactive ketones (excluding diaryl/α,β-unsaturated/α-hetero) is 1. The number of aromatic nitrogens is 4. The summed E-state index contributed by atoms with van der Waals surface area (Å²) in [5.41, 5.74) is 1.73. The topological polar surface area (TPSA) is 63.9 Å². The number of hydrogen-bond donors (Lipinski definition) is 0. The van der Waals surface area contributed by atoms with Gasteiger partial charge in [-0.05, 0) is 24.7 Å². The van der Waals surface area contributed by atoms with E-state index in [1.807, 2.05) is 10.9 Å². The van der Waals surface area contributed by atoms with Crippen molar-refractivity contribution in [1.82, 2.24) is 20.0 Å². The molecule has 0 bridgehead atoms. The van der Waals surface area contributed by atoms with Crippen LogP contribution in [0.4, 0.5) is 5.13 Å². The summed E-state index contributed by atoms with van der Waals surface area (Å²) in [6, 6.07) is 0. The van der Waals surface area contributed by atoms with Gasteiger partial charge < -0.3 is 4.90 Å². The lowest BCUT2D eigenvalue weighted by Crippen LogP contribution is -2.32. The van der Waals surface area contributed by atoms with Crippen LogP contribution in [0.15, 0.2) is 11.6 Å². The maximum Gasteiger partial charge on any atom is 0.185 e. The molecule has 0 amide bonds. The summed E-state index contributed by atoms with van der Waals surface area (Å²) in [5.74, 6) is 1.61. The summed E-state index contributed by atoms with van der Waals surface area (Å²) in [6.45, 7) is 5.28. The smallest absolute Gasteiger partial charge is 0.185 e. The summed E-state index contributed by atoms with van der Waals surface area (Å²) in [4.78, 5) is 18.2. The third kappa shape index (κ3) is 3.15. The minimum absolute atomic E-state index is 0.357. The molecule has 2 fully saturated rings. The van der Waals surface area contributed by atoms with Crippen molar-refractivity contribution < 1.29 is 4.79 Å². The quantitative estimate of drug-likeness (QED) is 0.862. The van der Waals surface area contributed by atoms with E-state index in [0.717, 1.165) is 42.1 Å². The predicted molar refractivity (Wildman–Crippen MR) is 89.5 cm³/mol. The number of rotatable bonds is 4. The van der Waals surface area contributed by atoms with E-state index in [4.69, 9.17) is 4.98 Å². The minimum Gasteiger partial charge on any atom is -0.348 e. The molecule has 4 rings (SSSR count). The predicted octanol–water partition coefficient (Wildman–Crippen LogP) is 2.62. The molecule has 0 aromatic carbocycles. The number of hydrogen-bond acceptors (Lipinski definition) is 6. The fourth-order valence-corrected chi connectivity index (χ4v) is 4.08. The third-order valence-corrected chi connectivity index (χ3v) is 5.73. The summed E-state index contributed by atoms with van der Waals surface area (Å²) in [7, 11) is 0. The maximum absolute atomic E-state index is 11.0. The zero-order valence-corrected chi connectivity index (χ0v) is 14.1. The van der Waals surface area contributed by atoms with Crippen LogP contribution in [0.2, 0.25) is 0 Å². The number of carbonyl (C=O) groups excluding carboxylic acids is 1. The number of anilines is 1. The Morgan fingerprint density at radius 1 is 1.26 bits per heavy atom. The zero-order chi connectivity index (χ0) is 15.8. The second kappa shape index (κ2) is 6.03. The summed E-state index contributed by atoms with van der Waals surface area (Å²) in [5, 5.41) is 11.6. The van der Waals surface area contributed by atoms with Crippen molar-refractivity contribution in [2.45, 2.75) is 39.2 Å². The van der Waals surface area contributed by atoms with E-state index in [9.17, 15) is 4.79 Å². The first-order valence-electron chi connectivity index (χ1n) is 8.30. The molecule has 0 atom stereocenters. The summed E-state index contributed by atoms with van der Waals surface area (Å²) >= 11 is 1.68. The Bertz CT molecular complexity index is 693. The van der Waals surface area contributed by atoms with E-state index in [0.29, 0.717) is 24.5 Å². The minimum atomic E-state index is 0.357. The third-order valence-electron chi connectivity index (χ3n) is 4.83. The Balaban J connectivity index is 1.42. The van der Waals surface area contributed by atoms with Gasteiger partial charge in [0, 0.05) is 37.9 Å². The maximum atomic E-state index is 11.0. The molecule has 1 saturated heterocycles. The highest BCUT2D eigenvalue weighted by Crippen LogP contribution is 2.30. The van der Waals surface area contributed by atoms with E-state index in [-0.39, 0.29) is 0 Å². The molecule has 0 spiro atoms. The summed E-state index contributed by atoms with van der Waals surface area (Å²) in [6.07, 6.45) is 5.79. The van der Waals surface area contributed by atoms with Crippen LogP contribution < -0.4 is 4.90 Å². The average molecular weight is 331 g/mol. The molecule has 122 valence electrons. The van der Waals surface area contributed by atoms with Gasteiger partial charge in [0.2, 0.25) is 0 Å². The zero-order valence-electron chi connectivity index (χ0n) is 13.3. The van der Waals surface area contributed by atoms with Gasteiger partial charge in [-0.1, -0.05) is 12.1 Å². The van der Waals surface area contributed by atoms with Crippen LogP contribution in [-0.4, -0.2) is 38.9 Å². The summed E-state index contributed by atoms with van der Waals surface area (Å²) < 4.78 is 1.84. The molecule has 2 aromatic rings. The Hall–Kier alpha value is -1.76. The molecular formula is C16H21N5OS. The van der Waals surface area contributed by atoms with Crippen LogP contribution in [-0.2, 0) is 11.3 Å². The normalized spacial score (nSPS) is 20.0. The fourth-order valence-electron chi connectivity index (χ4n) is 3.21. The van der Waals surface area contributed by atoms with Crippen molar-refractivity contribution in [3.8, 4) is 11.4 Å². The van der Waals surface area contributed by atoms with Crippen LogP contribution in [0.5, 0.6) is 0 Å². The van der Waals surface area contributed by atoms with Gasteiger partial charge in [-0.2, -0.15) is 0 Å². The highest BCUT2D eigenvalue weighted by atomic mass is 32.1. The van der Waals surface area contributed by atoms with Crippen LogP contribution in [0.1, 0.15) is 32.6 Å². The van der Waals surface area contributed by atoms with Gasteiger partial charge in [-0.25, -0.2) is 4.98 Å². The largest absolute Gasteiger partial charge is 0.348 e. The van der Waals surface area contributed by atoms with Gasteiger partial charge in [0.05, 0.1) is 6.20 Å². The van der Waals surface area contributed by atoms with E-state index in [1.165, 1.54) is 12.8 Å². The number of ketones is 1. The molecule has 6 nitrogen and oxygen atoms in total.